The topological polar surface area (TPSA) is 78.9 Å². The molecule has 0 aliphatic carbocycles. The van der Waals surface area contributed by atoms with Crippen LogP contribution in [0.2, 0.25) is 0 Å². The fourth-order valence-electron chi connectivity index (χ4n) is 2.18. The number of ether oxygens (including phenoxy) is 2. The molecule has 2 aliphatic heterocycles. The highest BCUT2D eigenvalue weighted by molar-refractivity contribution is 7.87. The lowest BCUT2D eigenvalue weighted by Gasteiger charge is -2.25. The monoisotopic (exact) mass is 316 g/mol. The Labute approximate surface area is 112 Å². The molecule has 1 fully saturated rings. The van der Waals surface area contributed by atoms with Crippen molar-refractivity contribution in [2.45, 2.75) is 37.0 Å². The molecule has 0 aromatic heterocycles. The van der Waals surface area contributed by atoms with Gasteiger partial charge in [0.15, 0.2) is 0 Å². The molecule has 2 rings (SSSR count). The lowest BCUT2D eigenvalue weighted by molar-refractivity contribution is -0.138. The van der Waals surface area contributed by atoms with E-state index in [1.807, 2.05) is 0 Å². The molecular weight excluding hydrogens is 305 g/mol. The first kappa shape index (κ1) is 15.1. The maximum atomic E-state index is 12.3. The summed E-state index contributed by atoms with van der Waals surface area (Å²) in [5.74, 6) is -1.50. The summed E-state index contributed by atoms with van der Waals surface area (Å²) >= 11 is 0. The van der Waals surface area contributed by atoms with Crippen molar-refractivity contribution in [3.05, 3.63) is 11.3 Å². The molecule has 0 saturated carbocycles. The van der Waals surface area contributed by atoms with Gasteiger partial charge in [0, 0.05) is 6.42 Å². The maximum Gasteiger partial charge on any atom is 0.534 e. The molecule has 6 nitrogen and oxygen atoms in total. The average molecular weight is 316 g/mol. The number of rotatable bonds is 3. The summed E-state index contributed by atoms with van der Waals surface area (Å²) in [6.07, 6.45) is -0.555. The summed E-state index contributed by atoms with van der Waals surface area (Å²) in [5.41, 5.74) is -5.85. The molecule has 0 amide bonds. The van der Waals surface area contributed by atoms with E-state index in [0.29, 0.717) is 12.8 Å². The highest BCUT2D eigenvalue weighted by atomic mass is 32.2. The quantitative estimate of drug-likeness (QED) is 0.443. The summed E-state index contributed by atoms with van der Waals surface area (Å²) in [7, 11) is -4.78. The minimum absolute atomic E-state index is 0.212. The van der Waals surface area contributed by atoms with Crippen molar-refractivity contribution in [2.75, 3.05) is 7.11 Å². The lowest BCUT2D eigenvalue weighted by atomic mass is 10.1. The first-order valence-electron chi connectivity index (χ1n) is 5.63. The number of alkyl halides is 3. The van der Waals surface area contributed by atoms with Crippen LogP contribution in [0, 0.1) is 0 Å². The van der Waals surface area contributed by atoms with Crippen molar-refractivity contribution < 1.29 is 40.0 Å². The van der Waals surface area contributed by atoms with Gasteiger partial charge in [-0.2, -0.15) is 21.6 Å². The molecule has 0 N–H and O–H groups in total. The largest absolute Gasteiger partial charge is 0.534 e. The molecule has 0 radical (unpaired) electrons. The van der Waals surface area contributed by atoms with Crippen molar-refractivity contribution in [2.24, 2.45) is 0 Å². The first-order chi connectivity index (χ1) is 9.15. The number of carbonyl (C=O) groups excluding carboxylic acids is 1. The molecule has 0 unspecified atom stereocenters. The van der Waals surface area contributed by atoms with E-state index in [1.54, 1.807) is 0 Å². The van der Waals surface area contributed by atoms with Gasteiger partial charge in [0.2, 0.25) is 0 Å². The van der Waals surface area contributed by atoms with E-state index in [4.69, 9.17) is 4.74 Å². The van der Waals surface area contributed by atoms with E-state index in [1.165, 1.54) is 0 Å². The zero-order valence-electron chi connectivity index (χ0n) is 10.3. The number of methoxy groups -OCH3 is 1. The number of hydrogen-bond donors (Lipinski definition) is 0. The van der Waals surface area contributed by atoms with Crippen LogP contribution in [0.5, 0.6) is 0 Å². The molecule has 0 aromatic carbocycles. The van der Waals surface area contributed by atoms with Gasteiger partial charge < -0.3 is 13.7 Å². The van der Waals surface area contributed by atoms with E-state index in [9.17, 15) is 26.4 Å². The summed E-state index contributed by atoms with van der Waals surface area (Å²) in [6.45, 7) is 0. The molecule has 2 heterocycles. The van der Waals surface area contributed by atoms with Gasteiger partial charge in [-0.1, -0.05) is 0 Å². The highest BCUT2D eigenvalue weighted by Crippen LogP contribution is 2.39. The van der Waals surface area contributed by atoms with Crippen molar-refractivity contribution in [1.82, 2.24) is 0 Å². The fourth-order valence-corrected chi connectivity index (χ4v) is 2.70. The molecule has 0 spiro atoms. The van der Waals surface area contributed by atoms with Crippen LogP contribution < -0.4 is 0 Å². The molecule has 10 heteroatoms. The van der Waals surface area contributed by atoms with Gasteiger partial charge in [-0.3, -0.25) is 0 Å². The van der Waals surface area contributed by atoms with Crippen molar-refractivity contribution in [3.63, 3.8) is 0 Å². The smallest absolute Gasteiger partial charge is 0.465 e. The van der Waals surface area contributed by atoms with Crippen LogP contribution in [-0.4, -0.2) is 39.2 Å². The summed E-state index contributed by atoms with van der Waals surface area (Å²) in [5, 5.41) is 0. The highest BCUT2D eigenvalue weighted by Gasteiger charge is 2.51. The average Bonchev–Trinajstić information content (AvgIpc) is 2.69. The van der Waals surface area contributed by atoms with E-state index in [2.05, 4.69) is 8.92 Å². The molecule has 2 bridgehead atoms. The minimum Gasteiger partial charge on any atom is -0.465 e. The Balaban J connectivity index is 2.38. The molecule has 20 heavy (non-hydrogen) atoms. The van der Waals surface area contributed by atoms with Crippen molar-refractivity contribution in [3.8, 4) is 0 Å². The maximum absolute atomic E-state index is 12.3. The van der Waals surface area contributed by atoms with Crippen LogP contribution in [0.15, 0.2) is 11.3 Å². The molecule has 2 atom stereocenters. The predicted octanol–water partition coefficient (Wildman–Crippen LogP) is 1.23. The van der Waals surface area contributed by atoms with Gasteiger partial charge in [0.25, 0.3) is 0 Å². The first-order valence-corrected chi connectivity index (χ1v) is 7.04. The molecular formula is C10H11F3O6S. The van der Waals surface area contributed by atoms with Gasteiger partial charge in [-0.25, -0.2) is 4.79 Å². The molecule has 0 aromatic rings. The number of fused-ring (bicyclic) bond motifs is 2. The van der Waals surface area contributed by atoms with Crippen molar-refractivity contribution in [1.29, 1.82) is 0 Å². The zero-order chi connectivity index (χ0) is 15.1. The Kier molecular flexibility index (Phi) is 3.71. The molecule has 2 aliphatic rings. The second-order valence-corrected chi connectivity index (χ2v) is 5.88. The third-order valence-electron chi connectivity index (χ3n) is 3.04. The van der Waals surface area contributed by atoms with Gasteiger partial charge in [0.1, 0.15) is 11.3 Å². The fraction of sp³-hybridized carbons (Fsp3) is 0.700. The standard InChI is InChI=1S/C10H11F3O6S/c1-17-9(14)8-6-3-2-5(18-6)4-7(8)19-20(15,16)10(11,12)13/h5-6H,2-4H2,1H3/t5-,6+/m0/s1. The van der Waals surface area contributed by atoms with Gasteiger partial charge in [-0.05, 0) is 12.8 Å². The van der Waals surface area contributed by atoms with E-state index < -0.39 is 39.6 Å². The molecule has 114 valence electrons. The summed E-state index contributed by atoms with van der Waals surface area (Å²) in [4.78, 5) is 11.6. The van der Waals surface area contributed by atoms with E-state index in [-0.39, 0.29) is 12.0 Å². The lowest BCUT2D eigenvalue weighted by Crippen LogP contribution is -2.32. The predicted molar refractivity (Wildman–Crippen MR) is 57.6 cm³/mol. The summed E-state index contributed by atoms with van der Waals surface area (Å²) < 4.78 is 72.9. The van der Waals surface area contributed by atoms with E-state index in [0.717, 1.165) is 7.11 Å². The molecule has 1 saturated heterocycles. The van der Waals surface area contributed by atoms with E-state index >= 15 is 0 Å². The number of carbonyl (C=O) groups is 1. The SMILES string of the molecule is COC(=O)C1=C(OS(=O)(=O)C(F)(F)F)C[C@@H]2CC[C@H]1O2. The third kappa shape index (κ3) is 2.62. The number of halogens is 3. The summed E-state index contributed by atoms with van der Waals surface area (Å²) in [6, 6.07) is 0. The zero-order valence-corrected chi connectivity index (χ0v) is 11.1. The Morgan fingerprint density at radius 1 is 1.35 bits per heavy atom. The van der Waals surface area contributed by atoms with Gasteiger partial charge >= 0.3 is 21.6 Å². The van der Waals surface area contributed by atoms with Crippen LogP contribution in [0.3, 0.4) is 0 Å². The van der Waals surface area contributed by atoms with Crippen LogP contribution in [0.25, 0.3) is 0 Å². The Bertz CT molecular complexity index is 550. The third-order valence-corrected chi connectivity index (χ3v) is 4.03. The van der Waals surface area contributed by atoms with Crippen LogP contribution in [-0.2, 0) is 28.6 Å². The van der Waals surface area contributed by atoms with Crippen LogP contribution >= 0.6 is 0 Å². The van der Waals surface area contributed by atoms with Gasteiger partial charge in [-0.15, -0.1) is 0 Å². The van der Waals surface area contributed by atoms with Crippen LogP contribution in [0.4, 0.5) is 13.2 Å². The second-order valence-electron chi connectivity index (χ2n) is 4.34. The minimum atomic E-state index is -5.81. The van der Waals surface area contributed by atoms with Crippen LogP contribution in [0.1, 0.15) is 19.3 Å². The van der Waals surface area contributed by atoms with Crippen molar-refractivity contribution >= 4 is 16.1 Å². The normalized spacial score (nSPS) is 26.6. The number of hydrogen-bond acceptors (Lipinski definition) is 6. The Hall–Kier alpha value is -1.29. The Morgan fingerprint density at radius 3 is 2.55 bits per heavy atom. The van der Waals surface area contributed by atoms with Gasteiger partial charge in [0.05, 0.1) is 19.3 Å². The Morgan fingerprint density at radius 2 is 2.00 bits per heavy atom. The number of esters is 1. The second kappa shape index (κ2) is 4.92.